The first-order chi connectivity index (χ1) is 6.16. The van der Waals surface area contributed by atoms with Crippen LogP contribution in [0.25, 0.3) is 0 Å². The highest BCUT2D eigenvalue weighted by atomic mass is 16.5. The van der Waals surface area contributed by atoms with E-state index in [2.05, 4.69) is 14.8 Å². The highest BCUT2D eigenvalue weighted by Crippen LogP contribution is 2.07. The number of esters is 1. The Morgan fingerprint density at radius 3 is 2.85 bits per heavy atom. The number of rotatable bonds is 3. The number of nitrogens with zero attached hydrogens (tertiary/aromatic N) is 3. The first-order valence-electron chi connectivity index (χ1n) is 3.84. The molecule has 1 aromatic heterocycles. The molecule has 0 fully saturated rings. The van der Waals surface area contributed by atoms with Gasteiger partial charge >= 0.3 is 5.97 Å². The molecule has 0 aliphatic rings. The Morgan fingerprint density at radius 2 is 2.38 bits per heavy atom. The molecular formula is C7H12N4O2. The fraction of sp³-hybridized carbons (Fsp3) is 0.571. The van der Waals surface area contributed by atoms with Gasteiger partial charge in [-0.15, -0.1) is 0 Å². The third kappa shape index (κ3) is 2.03. The summed E-state index contributed by atoms with van der Waals surface area (Å²) < 4.78 is 6.02. The number of ether oxygens (including phenoxy) is 1. The van der Waals surface area contributed by atoms with E-state index in [1.807, 2.05) is 0 Å². The minimum atomic E-state index is -0.716. The van der Waals surface area contributed by atoms with Crippen molar-refractivity contribution in [3.05, 3.63) is 12.7 Å². The maximum Gasteiger partial charge on any atom is 0.324 e. The van der Waals surface area contributed by atoms with E-state index in [4.69, 9.17) is 5.73 Å². The summed E-state index contributed by atoms with van der Waals surface area (Å²) in [7, 11) is 1.30. The van der Waals surface area contributed by atoms with Crippen LogP contribution in [-0.2, 0) is 9.53 Å². The Labute approximate surface area is 75.7 Å². The molecule has 1 rings (SSSR count). The Bertz CT molecular complexity index is 272. The first kappa shape index (κ1) is 9.66. The van der Waals surface area contributed by atoms with E-state index in [0.717, 1.165) is 0 Å². The molecule has 0 saturated heterocycles. The number of carbonyl (C=O) groups excluding carboxylic acids is 1. The second kappa shape index (κ2) is 3.99. The molecule has 0 radical (unpaired) electrons. The maximum atomic E-state index is 11.0. The van der Waals surface area contributed by atoms with Crippen molar-refractivity contribution in [2.45, 2.75) is 19.0 Å². The Morgan fingerprint density at radius 1 is 1.69 bits per heavy atom. The lowest BCUT2D eigenvalue weighted by molar-refractivity contribution is -0.143. The molecular weight excluding hydrogens is 172 g/mol. The minimum Gasteiger partial charge on any atom is -0.468 e. The van der Waals surface area contributed by atoms with Crippen LogP contribution in [0.2, 0.25) is 0 Å². The van der Waals surface area contributed by atoms with Gasteiger partial charge in [0.25, 0.3) is 0 Å². The molecule has 6 heteroatoms. The molecule has 1 heterocycles. The fourth-order valence-electron chi connectivity index (χ4n) is 0.925. The number of aromatic nitrogens is 3. The van der Waals surface area contributed by atoms with Gasteiger partial charge in [0.15, 0.2) is 0 Å². The van der Waals surface area contributed by atoms with E-state index in [0.29, 0.717) is 0 Å². The predicted molar refractivity (Wildman–Crippen MR) is 44.7 cm³/mol. The standard InChI is InChI=1S/C7H12N4O2/c1-5(6(8)7(12)13-2)11-4-9-3-10-11/h3-6H,8H2,1-2H3/t5-,6+/m1/s1. The quantitative estimate of drug-likeness (QED) is 0.630. The van der Waals surface area contributed by atoms with Gasteiger partial charge in [-0.05, 0) is 6.92 Å². The number of carbonyl (C=O) groups is 1. The number of hydrogen-bond donors (Lipinski definition) is 1. The summed E-state index contributed by atoms with van der Waals surface area (Å²) in [6, 6.07) is -0.971. The zero-order valence-electron chi connectivity index (χ0n) is 7.54. The van der Waals surface area contributed by atoms with Gasteiger partial charge in [0.1, 0.15) is 18.7 Å². The van der Waals surface area contributed by atoms with Crippen molar-refractivity contribution in [2.75, 3.05) is 7.11 Å². The highest BCUT2D eigenvalue weighted by molar-refractivity contribution is 5.75. The third-order valence-electron chi connectivity index (χ3n) is 1.85. The SMILES string of the molecule is COC(=O)[C@@H](N)[C@@H](C)n1cncn1. The van der Waals surface area contributed by atoms with Crippen LogP contribution in [0.4, 0.5) is 0 Å². The van der Waals surface area contributed by atoms with E-state index in [-0.39, 0.29) is 6.04 Å². The van der Waals surface area contributed by atoms with Crippen LogP contribution in [0.15, 0.2) is 12.7 Å². The summed E-state index contributed by atoms with van der Waals surface area (Å²) in [5.74, 6) is -0.456. The molecule has 13 heavy (non-hydrogen) atoms. The van der Waals surface area contributed by atoms with Crippen LogP contribution < -0.4 is 5.73 Å². The number of methoxy groups -OCH3 is 1. The molecule has 2 N–H and O–H groups in total. The average Bonchev–Trinajstić information content (AvgIpc) is 2.67. The summed E-state index contributed by atoms with van der Waals surface area (Å²) in [6.07, 6.45) is 2.90. The van der Waals surface area contributed by atoms with Gasteiger partial charge < -0.3 is 10.5 Å². The number of hydrogen-bond acceptors (Lipinski definition) is 5. The molecule has 0 saturated carbocycles. The van der Waals surface area contributed by atoms with Crippen molar-refractivity contribution >= 4 is 5.97 Å². The van der Waals surface area contributed by atoms with E-state index >= 15 is 0 Å². The Balaban J connectivity index is 2.68. The van der Waals surface area contributed by atoms with Crippen LogP contribution in [0, 0.1) is 0 Å². The predicted octanol–water partition coefficient (Wildman–Crippen LogP) is -0.661. The lowest BCUT2D eigenvalue weighted by Crippen LogP contribution is -2.39. The van der Waals surface area contributed by atoms with Crippen LogP contribution in [0.3, 0.4) is 0 Å². The van der Waals surface area contributed by atoms with Crippen molar-refractivity contribution < 1.29 is 9.53 Å². The van der Waals surface area contributed by atoms with Gasteiger partial charge in [-0.25, -0.2) is 9.67 Å². The normalized spacial score (nSPS) is 15.0. The summed E-state index contributed by atoms with van der Waals surface area (Å²) in [6.45, 7) is 1.77. The van der Waals surface area contributed by atoms with Crippen LogP contribution in [0.5, 0.6) is 0 Å². The van der Waals surface area contributed by atoms with E-state index < -0.39 is 12.0 Å². The lowest BCUT2D eigenvalue weighted by Gasteiger charge is -2.16. The summed E-state index contributed by atoms with van der Waals surface area (Å²) in [5, 5.41) is 3.87. The molecule has 72 valence electrons. The van der Waals surface area contributed by atoms with Crippen molar-refractivity contribution in [2.24, 2.45) is 5.73 Å². The van der Waals surface area contributed by atoms with Crippen LogP contribution in [0.1, 0.15) is 13.0 Å². The summed E-state index contributed by atoms with van der Waals surface area (Å²) in [5.41, 5.74) is 5.60. The van der Waals surface area contributed by atoms with Gasteiger partial charge in [-0.3, -0.25) is 4.79 Å². The fourth-order valence-corrected chi connectivity index (χ4v) is 0.925. The maximum absolute atomic E-state index is 11.0. The molecule has 0 aliphatic carbocycles. The van der Waals surface area contributed by atoms with Crippen LogP contribution in [-0.4, -0.2) is 33.9 Å². The first-order valence-corrected chi connectivity index (χ1v) is 3.84. The van der Waals surface area contributed by atoms with E-state index in [9.17, 15) is 4.79 Å². The molecule has 0 aliphatic heterocycles. The average molecular weight is 184 g/mol. The second-order valence-electron chi connectivity index (χ2n) is 2.67. The van der Waals surface area contributed by atoms with Crippen molar-refractivity contribution in [1.29, 1.82) is 0 Å². The molecule has 2 atom stereocenters. The van der Waals surface area contributed by atoms with Crippen LogP contribution >= 0.6 is 0 Å². The minimum absolute atomic E-state index is 0.255. The topological polar surface area (TPSA) is 83.0 Å². The van der Waals surface area contributed by atoms with Gasteiger partial charge in [0, 0.05) is 0 Å². The Kier molecular flexibility index (Phi) is 2.97. The van der Waals surface area contributed by atoms with E-state index in [1.54, 1.807) is 6.92 Å². The van der Waals surface area contributed by atoms with Gasteiger partial charge in [-0.1, -0.05) is 0 Å². The van der Waals surface area contributed by atoms with Crippen molar-refractivity contribution in [3.63, 3.8) is 0 Å². The van der Waals surface area contributed by atoms with Gasteiger partial charge in [0.2, 0.25) is 0 Å². The molecule has 6 nitrogen and oxygen atoms in total. The summed E-state index contributed by atoms with van der Waals surface area (Å²) >= 11 is 0. The molecule has 0 aromatic carbocycles. The van der Waals surface area contributed by atoms with Crippen molar-refractivity contribution in [1.82, 2.24) is 14.8 Å². The zero-order valence-corrected chi connectivity index (χ0v) is 7.54. The lowest BCUT2D eigenvalue weighted by atomic mass is 10.1. The summed E-state index contributed by atoms with van der Waals surface area (Å²) in [4.78, 5) is 14.8. The largest absolute Gasteiger partial charge is 0.468 e. The smallest absolute Gasteiger partial charge is 0.324 e. The molecule has 1 aromatic rings. The van der Waals surface area contributed by atoms with E-state index in [1.165, 1.54) is 24.4 Å². The third-order valence-corrected chi connectivity index (χ3v) is 1.85. The molecule has 0 bridgehead atoms. The van der Waals surface area contributed by atoms with Crippen molar-refractivity contribution in [3.8, 4) is 0 Å². The molecule has 0 amide bonds. The molecule has 0 unspecified atom stereocenters. The van der Waals surface area contributed by atoms with Gasteiger partial charge in [-0.2, -0.15) is 5.10 Å². The monoisotopic (exact) mass is 184 g/mol. The second-order valence-corrected chi connectivity index (χ2v) is 2.67. The zero-order chi connectivity index (χ0) is 9.84. The van der Waals surface area contributed by atoms with Gasteiger partial charge in [0.05, 0.1) is 13.2 Å². The highest BCUT2D eigenvalue weighted by Gasteiger charge is 2.23. The molecule has 0 spiro atoms. The Hall–Kier alpha value is -1.43. The number of nitrogens with two attached hydrogens (primary N) is 1.